The first-order valence-corrected chi connectivity index (χ1v) is 7.20. The number of benzene rings is 1. The van der Waals surface area contributed by atoms with E-state index in [-0.39, 0.29) is 5.92 Å². The third-order valence-corrected chi connectivity index (χ3v) is 3.92. The molecule has 1 aromatic carbocycles. The van der Waals surface area contributed by atoms with E-state index < -0.39 is 0 Å². The molecule has 3 N–H and O–H groups in total. The summed E-state index contributed by atoms with van der Waals surface area (Å²) in [7, 11) is 0. The lowest BCUT2D eigenvalue weighted by molar-refractivity contribution is 0.840. The van der Waals surface area contributed by atoms with Crippen LogP contribution < -0.4 is 11.1 Å². The van der Waals surface area contributed by atoms with Crippen LogP contribution >= 0.6 is 11.8 Å². The zero-order valence-electron chi connectivity index (χ0n) is 11.1. The fourth-order valence-electron chi connectivity index (χ4n) is 2.17. The van der Waals surface area contributed by atoms with Crippen molar-refractivity contribution in [2.75, 3.05) is 5.75 Å². The van der Waals surface area contributed by atoms with Crippen LogP contribution in [0, 0.1) is 22.7 Å². The Morgan fingerprint density at radius 1 is 1.20 bits per heavy atom. The first-order valence-electron chi connectivity index (χ1n) is 6.21. The molecule has 1 atom stereocenters. The number of hydrogen-bond acceptors (Lipinski definition) is 5. The van der Waals surface area contributed by atoms with Crippen LogP contribution in [-0.2, 0) is 0 Å². The van der Waals surface area contributed by atoms with Gasteiger partial charge in [0.2, 0.25) is 0 Å². The number of allylic oxidation sites excluding steroid dienone is 2. The molecule has 1 heterocycles. The number of nitrogens with zero attached hydrogens (tertiary/aromatic N) is 2. The van der Waals surface area contributed by atoms with Crippen molar-refractivity contribution < 1.29 is 0 Å². The average molecular weight is 282 g/mol. The summed E-state index contributed by atoms with van der Waals surface area (Å²) in [6, 6.07) is 13.9. The minimum Gasteiger partial charge on any atom is -0.384 e. The van der Waals surface area contributed by atoms with Crippen LogP contribution in [0.25, 0.3) is 0 Å². The molecular weight excluding hydrogens is 268 g/mol. The van der Waals surface area contributed by atoms with Crippen molar-refractivity contribution in [3.05, 3.63) is 57.9 Å². The van der Waals surface area contributed by atoms with Gasteiger partial charge in [-0.1, -0.05) is 37.3 Å². The van der Waals surface area contributed by atoms with Gasteiger partial charge < -0.3 is 11.1 Å². The van der Waals surface area contributed by atoms with E-state index >= 15 is 0 Å². The lowest BCUT2D eigenvalue weighted by Crippen LogP contribution is -2.29. The lowest BCUT2D eigenvalue weighted by Gasteiger charge is -2.26. The molecule has 0 saturated heterocycles. The van der Waals surface area contributed by atoms with Crippen molar-refractivity contribution in [1.82, 2.24) is 5.32 Å². The molecule has 0 amide bonds. The summed E-state index contributed by atoms with van der Waals surface area (Å²) < 4.78 is 0. The van der Waals surface area contributed by atoms with E-state index in [9.17, 15) is 10.5 Å². The number of thioether (sulfide) groups is 1. The standard InChI is InChI=1S/C15H14N4S/c1-2-20-15-12(9-17)13(10-6-4-3-5-7-10)11(8-16)14(18)19-15/h3-7,13,19H,2,18H2,1H3. The highest BCUT2D eigenvalue weighted by Crippen LogP contribution is 2.38. The van der Waals surface area contributed by atoms with E-state index in [1.54, 1.807) is 0 Å². The molecule has 0 bridgehead atoms. The van der Waals surface area contributed by atoms with Crippen molar-refractivity contribution in [2.45, 2.75) is 12.8 Å². The molecule has 1 aromatic rings. The highest BCUT2D eigenvalue weighted by atomic mass is 32.2. The van der Waals surface area contributed by atoms with E-state index in [4.69, 9.17) is 5.73 Å². The maximum atomic E-state index is 9.49. The van der Waals surface area contributed by atoms with Gasteiger partial charge in [0.1, 0.15) is 5.82 Å². The summed E-state index contributed by atoms with van der Waals surface area (Å²) in [6.45, 7) is 2.01. The Morgan fingerprint density at radius 2 is 1.85 bits per heavy atom. The Hall–Kier alpha value is -2.37. The molecule has 1 aliphatic heterocycles. The predicted molar refractivity (Wildman–Crippen MR) is 79.9 cm³/mol. The molecular formula is C15H14N4S. The third-order valence-electron chi connectivity index (χ3n) is 3.02. The van der Waals surface area contributed by atoms with Gasteiger partial charge in [-0.2, -0.15) is 10.5 Å². The van der Waals surface area contributed by atoms with Gasteiger partial charge in [-0.25, -0.2) is 0 Å². The molecule has 100 valence electrons. The van der Waals surface area contributed by atoms with Gasteiger partial charge in [0.25, 0.3) is 0 Å². The smallest absolute Gasteiger partial charge is 0.116 e. The Morgan fingerprint density at radius 3 is 2.40 bits per heavy atom. The summed E-state index contributed by atoms with van der Waals surface area (Å²) in [6.07, 6.45) is 0. The summed E-state index contributed by atoms with van der Waals surface area (Å²) >= 11 is 1.52. The summed E-state index contributed by atoms with van der Waals surface area (Å²) in [5.74, 6) is 0.766. The topological polar surface area (TPSA) is 85.6 Å². The lowest BCUT2D eigenvalue weighted by atomic mass is 9.84. The maximum absolute atomic E-state index is 9.49. The van der Waals surface area contributed by atoms with Crippen LogP contribution in [0.3, 0.4) is 0 Å². The van der Waals surface area contributed by atoms with E-state index in [1.165, 1.54) is 11.8 Å². The van der Waals surface area contributed by atoms with Crippen molar-refractivity contribution in [3.63, 3.8) is 0 Å². The van der Waals surface area contributed by atoms with Gasteiger partial charge in [-0.3, -0.25) is 0 Å². The molecule has 0 aromatic heterocycles. The minimum atomic E-state index is -0.388. The van der Waals surface area contributed by atoms with Crippen LogP contribution in [-0.4, -0.2) is 5.75 Å². The van der Waals surface area contributed by atoms with Crippen LogP contribution in [0.5, 0.6) is 0 Å². The monoisotopic (exact) mass is 282 g/mol. The second-order valence-electron chi connectivity index (χ2n) is 4.20. The molecule has 1 unspecified atom stereocenters. The van der Waals surface area contributed by atoms with Gasteiger partial charge in [0.05, 0.1) is 34.2 Å². The largest absolute Gasteiger partial charge is 0.384 e. The predicted octanol–water partition coefficient (Wildman–Crippen LogP) is 2.56. The van der Waals surface area contributed by atoms with Gasteiger partial charge in [0, 0.05) is 0 Å². The molecule has 0 fully saturated rings. The SMILES string of the molecule is CCSC1=C(C#N)C(c2ccccc2)C(C#N)=C(N)N1. The number of dihydropyridines is 1. The summed E-state index contributed by atoms with van der Waals surface area (Å²) in [4.78, 5) is 0. The molecule has 0 aliphatic carbocycles. The molecule has 0 radical (unpaired) electrons. The minimum absolute atomic E-state index is 0.330. The number of nitrogens with two attached hydrogens (primary N) is 1. The molecule has 0 spiro atoms. The van der Waals surface area contributed by atoms with Crippen molar-refractivity contribution in [2.24, 2.45) is 5.73 Å². The van der Waals surface area contributed by atoms with E-state index in [0.717, 1.165) is 16.3 Å². The molecule has 20 heavy (non-hydrogen) atoms. The van der Waals surface area contributed by atoms with E-state index in [1.807, 2.05) is 37.3 Å². The Bertz CT molecular complexity index is 647. The number of nitriles is 2. The zero-order chi connectivity index (χ0) is 14.5. The van der Waals surface area contributed by atoms with Crippen molar-refractivity contribution >= 4 is 11.8 Å². The van der Waals surface area contributed by atoms with Crippen LogP contribution in [0.1, 0.15) is 18.4 Å². The molecule has 2 rings (SSSR count). The van der Waals surface area contributed by atoms with Gasteiger partial charge in [-0.15, -0.1) is 11.8 Å². The second kappa shape index (κ2) is 6.18. The third kappa shape index (κ3) is 2.49. The molecule has 4 nitrogen and oxygen atoms in total. The Balaban J connectivity index is 2.60. The number of hydrogen-bond donors (Lipinski definition) is 2. The first-order chi connectivity index (χ1) is 9.72. The summed E-state index contributed by atoms with van der Waals surface area (Å²) in [5.41, 5.74) is 7.79. The number of rotatable bonds is 3. The quantitative estimate of drug-likeness (QED) is 0.889. The van der Waals surface area contributed by atoms with Crippen molar-refractivity contribution in [3.8, 4) is 12.1 Å². The van der Waals surface area contributed by atoms with Crippen LogP contribution in [0.4, 0.5) is 0 Å². The fourth-order valence-corrected chi connectivity index (χ4v) is 2.95. The molecule has 5 heteroatoms. The Kier molecular flexibility index (Phi) is 4.34. The molecule has 0 saturated carbocycles. The fraction of sp³-hybridized carbons (Fsp3) is 0.200. The van der Waals surface area contributed by atoms with Gasteiger partial charge in [0.15, 0.2) is 0 Å². The van der Waals surface area contributed by atoms with Gasteiger partial charge in [-0.05, 0) is 11.3 Å². The number of nitrogens with one attached hydrogen (secondary N) is 1. The van der Waals surface area contributed by atoms with Crippen LogP contribution in [0.15, 0.2) is 52.3 Å². The zero-order valence-corrected chi connectivity index (χ0v) is 11.9. The van der Waals surface area contributed by atoms with E-state index in [2.05, 4.69) is 17.5 Å². The highest BCUT2D eigenvalue weighted by molar-refractivity contribution is 8.03. The Labute approximate surface area is 122 Å². The normalized spacial score (nSPS) is 18.2. The van der Waals surface area contributed by atoms with E-state index in [0.29, 0.717) is 17.0 Å². The molecule has 1 aliphatic rings. The second-order valence-corrected chi connectivity index (χ2v) is 5.47. The first kappa shape index (κ1) is 14.0. The van der Waals surface area contributed by atoms with Crippen molar-refractivity contribution in [1.29, 1.82) is 10.5 Å². The van der Waals surface area contributed by atoms with Crippen LogP contribution in [0.2, 0.25) is 0 Å². The maximum Gasteiger partial charge on any atom is 0.116 e. The van der Waals surface area contributed by atoms with Gasteiger partial charge >= 0.3 is 0 Å². The highest BCUT2D eigenvalue weighted by Gasteiger charge is 2.31. The summed E-state index contributed by atoms with van der Waals surface area (Å²) in [5, 5.41) is 22.6. The average Bonchev–Trinajstić information content (AvgIpc) is 2.48.